The molecule has 3 aliphatic heterocycles. The third-order valence-corrected chi connectivity index (χ3v) is 10.2. The maximum atomic E-state index is 16.1. The van der Waals surface area contributed by atoms with Gasteiger partial charge in [-0.2, -0.15) is 9.97 Å². The van der Waals surface area contributed by atoms with Crippen molar-refractivity contribution in [3.8, 4) is 17.1 Å². The SMILES string of the molecule is [C-]#[N+]C[C@H]1CN(c2nc(OC[C@@]34CCCN3C[C@H](F)C4)nc3cc(-c4cccc5c4CCCC5)c(F)cc23)CCN1C(=O)C=C. The van der Waals surface area contributed by atoms with Crippen LogP contribution >= 0.6 is 0 Å². The molecule has 3 atom stereocenters. The lowest BCUT2D eigenvalue weighted by Gasteiger charge is -2.39. The van der Waals surface area contributed by atoms with Crippen molar-refractivity contribution in [3.05, 3.63) is 71.3 Å². The molecule has 234 valence electrons. The molecule has 4 heterocycles. The molecule has 0 bridgehead atoms. The molecular formula is C35H38F2N6O2. The number of halogens is 2. The number of nitrogens with zero attached hydrogens (tertiary/aromatic N) is 6. The summed E-state index contributed by atoms with van der Waals surface area (Å²) in [7, 11) is 0. The lowest BCUT2D eigenvalue weighted by Crippen LogP contribution is -2.56. The molecule has 1 amide bonds. The molecule has 1 aliphatic carbocycles. The van der Waals surface area contributed by atoms with Crippen LogP contribution in [0.25, 0.3) is 26.9 Å². The van der Waals surface area contributed by atoms with Gasteiger partial charge in [0.05, 0.1) is 11.1 Å². The molecule has 45 heavy (non-hydrogen) atoms. The minimum absolute atomic E-state index is 0.128. The smallest absolute Gasteiger partial charge is 0.319 e. The van der Waals surface area contributed by atoms with E-state index in [1.165, 1.54) is 23.3 Å². The predicted molar refractivity (Wildman–Crippen MR) is 169 cm³/mol. The van der Waals surface area contributed by atoms with Crippen molar-refractivity contribution in [3.63, 3.8) is 0 Å². The van der Waals surface area contributed by atoms with E-state index in [0.29, 0.717) is 54.9 Å². The number of benzene rings is 2. The fourth-order valence-corrected chi connectivity index (χ4v) is 8.02. The predicted octanol–water partition coefficient (Wildman–Crippen LogP) is 5.39. The van der Waals surface area contributed by atoms with Crippen LogP contribution in [0.3, 0.4) is 0 Å². The lowest BCUT2D eigenvalue weighted by molar-refractivity contribution is -0.128. The van der Waals surface area contributed by atoms with Crippen molar-refractivity contribution in [2.45, 2.75) is 62.7 Å². The highest BCUT2D eigenvalue weighted by atomic mass is 19.1. The third kappa shape index (κ3) is 5.41. The summed E-state index contributed by atoms with van der Waals surface area (Å²) in [6.07, 6.45) is 6.81. The molecule has 0 saturated carbocycles. The number of carbonyl (C=O) groups excluding carboxylic acids is 1. The van der Waals surface area contributed by atoms with Gasteiger partial charge in [-0.3, -0.25) is 9.69 Å². The van der Waals surface area contributed by atoms with Crippen molar-refractivity contribution >= 4 is 22.6 Å². The summed E-state index contributed by atoms with van der Waals surface area (Å²) in [5, 5.41) is 0.545. The Morgan fingerprint density at radius 1 is 1.13 bits per heavy atom. The van der Waals surface area contributed by atoms with Gasteiger partial charge in [-0.1, -0.05) is 24.8 Å². The number of ether oxygens (including phenoxy) is 1. The quantitative estimate of drug-likeness (QED) is 0.263. The van der Waals surface area contributed by atoms with E-state index in [-0.39, 0.29) is 42.5 Å². The monoisotopic (exact) mass is 612 g/mol. The van der Waals surface area contributed by atoms with E-state index in [9.17, 15) is 9.18 Å². The van der Waals surface area contributed by atoms with Crippen LogP contribution < -0.4 is 9.64 Å². The highest BCUT2D eigenvalue weighted by Gasteiger charge is 2.49. The van der Waals surface area contributed by atoms with Crippen molar-refractivity contribution in [2.24, 2.45) is 0 Å². The Morgan fingerprint density at radius 2 is 2.00 bits per heavy atom. The standard InChI is InChI=1S/C35H38F2N6O2/c1-3-32(44)43-15-14-41(21-25(43)19-38-2)33-29-16-30(37)28(27-11-6-9-23-8-4-5-10-26(23)27)17-31(29)39-34(40-33)45-22-35-12-7-13-42(35)20-24(36)18-35/h3,6,9,11,16-17,24-25H,1,4-5,7-8,10,12-15,18-22H2/t24-,25+,35+/m1/s1. The number of hydrogen-bond donors (Lipinski definition) is 0. The molecule has 7 rings (SSSR count). The Morgan fingerprint density at radius 3 is 2.84 bits per heavy atom. The van der Waals surface area contributed by atoms with Crippen LogP contribution in [0.1, 0.15) is 43.2 Å². The number of rotatable bonds is 7. The summed E-state index contributed by atoms with van der Waals surface area (Å²) >= 11 is 0. The topological polar surface area (TPSA) is 66.2 Å². The second-order valence-electron chi connectivity index (χ2n) is 12.9. The Hall–Kier alpha value is -4.10. The molecular weight excluding hydrogens is 574 g/mol. The number of carbonyl (C=O) groups is 1. The van der Waals surface area contributed by atoms with E-state index in [1.54, 1.807) is 11.0 Å². The highest BCUT2D eigenvalue weighted by molar-refractivity contribution is 5.94. The van der Waals surface area contributed by atoms with Crippen LogP contribution in [0.5, 0.6) is 6.01 Å². The van der Waals surface area contributed by atoms with Gasteiger partial charge in [0.1, 0.15) is 30.5 Å². The molecule has 10 heteroatoms. The molecule has 3 fully saturated rings. The zero-order chi connectivity index (χ0) is 31.1. The average Bonchev–Trinajstić information content (AvgIpc) is 3.58. The van der Waals surface area contributed by atoms with Gasteiger partial charge < -0.3 is 19.4 Å². The lowest BCUT2D eigenvalue weighted by atomic mass is 9.85. The Bertz CT molecular complexity index is 1690. The minimum Gasteiger partial charge on any atom is -0.461 e. The molecule has 0 radical (unpaired) electrons. The number of alkyl halides is 1. The molecule has 0 unspecified atom stereocenters. The number of amides is 1. The highest BCUT2D eigenvalue weighted by Crippen LogP contribution is 2.41. The maximum Gasteiger partial charge on any atom is 0.319 e. The summed E-state index contributed by atoms with van der Waals surface area (Å²) in [6, 6.07) is 9.22. The first kappa shape index (κ1) is 29.6. The van der Waals surface area contributed by atoms with Crippen molar-refractivity contribution in [2.75, 3.05) is 50.8 Å². The van der Waals surface area contributed by atoms with Gasteiger partial charge in [-0.15, -0.1) is 0 Å². The van der Waals surface area contributed by atoms with Gasteiger partial charge in [0.25, 0.3) is 0 Å². The molecule has 0 spiro atoms. The Kier molecular flexibility index (Phi) is 7.90. The first-order valence-electron chi connectivity index (χ1n) is 16.0. The fraction of sp³-hybridized carbons (Fsp3) is 0.486. The number of piperazine rings is 1. The first-order chi connectivity index (χ1) is 21.9. The van der Waals surface area contributed by atoms with Gasteiger partial charge in [0, 0.05) is 43.5 Å². The number of aromatic nitrogens is 2. The zero-order valence-electron chi connectivity index (χ0n) is 25.5. The minimum atomic E-state index is -0.877. The van der Waals surface area contributed by atoms with Gasteiger partial charge in [0.15, 0.2) is 0 Å². The van der Waals surface area contributed by atoms with Gasteiger partial charge in [-0.25, -0.2) is 15.4 Å². The Labute approximate surface area is 262 Å². The van der Waals surface area contributed by atoms with E-state index in [2.05, 4.69) is 22.4 Å². The molecule has 2 aromatic carbocycles. The molecule has 3 aromatic rings. The molecule has 1 aromatic heterocycles. The normalized spacial score (nSPS) is 24.7. The van der Waals surface area contributed by atoms with Crippen molar-refractivity contribution in [1.82, 2.24) is 19.8 Å². The van der Waals surface area contributed by atoms with Crippen LogP contribution in [-0.4, -0.2) is 89.3 Å². The Balaban J connectivity index is 1.30. The van der Waals surface area contributed by atoms with E-state index in [4.69, 9.17) is 21.3 Å². The van der Waals surface area contributed by atoms with Gasteiger partial charge in [0.2, 0.25) is 12.5 Å². The van der Waals surface area contributed by atoms with Crippen molar-refractivity contribution < 1.29 is 18.3 Å². The van der Waals surface area contributed by atoms with E-state index >= 15 is 4.39 Å². The largest absolute Gasteiger partial charge is 0.461 e. The van der Waals surface area contributed by atoms with Crippen LogP contribution in [0.4, 0.5) is 14.6 Å². The summed E-state index contributed by atoms with van der Waals surface area (Å²) < 4.78 is 36.9. The number of hydrogen-bond acceptors (Lipinski definition) is 6. The van der Waals surface area contributed by atoms with E-state index in [1.807, 2.05) is 17.0 Å². The number of fused-ring (bicyclic) bond motifs is 3. The van der Waals surface area contributed by atoms with Crippen LogP contribution in [0, 0.1) is 12.4 Å². The zero-order valence-corrected chi connectivity index (χ0v) is 25.5. The average molecular weight is 613 g/mol. The summed E-state index contributed by atoms with van der Waals surface area (Å²) in [5.41, 5.74) is 4.05. The summed E-state index contributed by atoms with van der Waals surface area (Å²) in [5.74, 6) is -0.0600. The molecule has 8 nitrogen and oxygen atoms in total. The van der Waals surface area contributed by atoms with E-state index in [0.717, 1.165) is 50.6 Å². The number of aryl methyl sites for hydroxylation is 1. The van der Waals surface area contributed by atoms with Crippen molar-refractivity contribution in [1.29, 1.82) is 0 Å². The molecule has 4 aliphatic rings. The second kappa shape index (κ2) is 12.0. The number of anilines is 1. The summed E-state index contributed by atoms with van der Waals surface area (Å²) in [4.78, 5) is 31.6. The van der Waals surface area contributed by atoms with E-state index < -0.39 is 6.17 Å². The van der Waals surface area contributed by atoms with Gasteiger partial charge in [-0.05, 0) is 80.0 Å². The van der Waals surface area contributed by atoms with Crippen LogP contribution in [-0.2, 0) is 17.6 Å². The first-order valence-corrected chi connectivity index (χ1v) is 16.0. The molecule has 3 saturated heterocycles. The third-order valence-electron chi connectivity index (χ3n) is 10.2. The van der Waals surface area contributed by atoms with Crippen LogP contribution in [0.15, 0.2) is 43.0 Å². The molecule has 0 N–H and O–H groups in total. The summed E-state index contributed by atoms with van der Waals surface area (Å²) in [6.45, 7) is 14.0. The fourth-order valence-electron chi connectivity index (χ4n) is 8.02. The second-order valence-corrected chi connectivity index (χ2v) is 12.9. The van der Waals surface area contributed by atoms with Gasteiger partial charge >= 0.3 is 6.01 Å². The van der Waals surface area contributed by atoms with Crippen LogP contribution in [0.2, 0.25) is 0 Å². The maximum absolute atomic E-state index is 16.1.